The lowest BCUT2D eigenvalue weighted by molar-refractivity contribution is -0.124. The molecule has 3 heteroatoms. The van der Waals surface area contributed by atoms with E-state index in [4.69, 9.17) is 5.73 Å². The average Bonchev–Trinajstić information content (AvgIpc) is 2.48. The molecule has 3 nitrogen and oxygen atoms in total. The highest BCUT2D eigenvalue weighted by Crippen LogP contribution is 2.36. The molecule has 1 amide bonds. The van der Waals surface area contributed by atoms with Gasteiger partial charge in [-0.25, -0.2) is 0 Å². The molecule has 0 bridgehead atoms. The summed E-state index contributed by atoms with van der Waals surface area (Å²) in [6, 6.07) is 14.3. The maximum Gasteiger partial charge on any atom is 0.228 e. The number of benzene rings is 2. The molecule has 0 heterocycles. The van der Waals surface area contributed by atoms with Crippen molar-refractivity contribution in [3.8, 4) is 0 Å². The van der Waals surface area contributed by atoms with E-state index < -0.39 is 5.41 Å². The van der Waals surface area contributed by atoms with Gasteiger partial charge in [0.2, 0.25) is 5.91 Å². The molecule has 2 N–H and O–H groups in total. The van der Waals surface area contributed by atoms with E-state index in [9.17, 15) is 4.79 Å². The van der Waals surface area contributed by atoms with Crippen molar-refractivity contribution in [2.24, 2.45) is 5.73 Å². The molecule has 21 heavy (non-hydrogen) atoms. The van der Waals surface area contributed by atoms with Crippen LogP contribution in [0.2, 0.25) is 0 Å². The van der Waals surface area contributed by atoms with E-state index in [1.165, 1.54) is 0 Å². The first kappa shape index (κ1) is 15.5. The number of carbonyl (C=O) groups is 1. The van der Waals surface area contributed by atoms with E-state index in [0.717, 1.165) is 29.3 Å². The highest BCUT2D eigenvalue weighted by molar-refractivity contribution is 5.95. The molecule has 2 aromatic rings. The molecule has 0 saturated carbocycles. The summed E-state index contributed by atoms with van der Waals surface area (Å²) in [6.45, 7) is 2.88. The molecule has 0 fully saturated rings. The first-order chi connectivity index (χ1) is 10.0. The topological polar surface area (TPSA) is 46.3 Å². The van der Waals surface area contributed by atoms with Gasteiger partial charge in [-0.1, -0.05) is 49.4 Å². The molecule has 0 aliphatic rings. The van der Waals surface area contributed by atoms with Crippen molar-refractivity contribution in [2.75, 3.05) is 20.6 Å². The number of amides is 1. The Morgan fingerprint density at radius 1 is 1.14 bits per heavy atom. The normalized spacial score (nSPS) is 14.3. The van der Waals surface area contributed by atoms with Crippen molar-refractivity contribution < 1.29 is 4.79 Å². The number of carbonyl (C=O) groups excluding carboxylic acids is 1. The van der Waals surface area contributed by atoms with Crippen molar-refractivity contribution in [3.63, 3.8) is 0 Å². The molecule has 0 saturated heterocycles. The Balaban J connectivity index is 2.60. The van der Waals surface area contributed by atoms with Gasteiger partial charge in [0, 0.05) is 0 Å². The quantitative estimate of drug-likeness (QED) is 0.886. The lowest BCUT2D eigenvalue weighted by atomic mass is 9.73. The molecule has 0 aliphatic heterocycles. The zero-order valence-electron chi connectivity index (χ0n) is 13.1. The molecule has 0 spiro atoms. The Bertz CT molecular complexity index is 631. The third kappa shape index (κ3) is 2.93. The van der Waals surface area contributed by atoms with E-state index in [-0.39, 0.29) is 5.91 Å². The Kier molecular flexibility index (Phi) is 4.63. The molecule has 112 valence electrons. The molecule has 0 aliphatic carbocycles. The number of hydrogen-bond donors (Lipinski definition) is 1. The van der Waals surface area contributed by atoms with Crippen molar-refractivity contribution in [3.05, 3.63) is 48.0 Å². The number of hydrogen-bond acceptors (Lipinski definition) is 2. The molecule has 0 aromatic heterocycles. The lowest BCUT2D eigenvalue weighted by Gasteiger charge is -2.32. The molecule has 0 unspecified atom stereocenters. The summed E-state index contributed by atoms with van der Waals surface area (Å²) in [6.07, 6.45) is 1.45. The number of fused-ring (bicyclic) bond motifs is 1. The van der Waals surface area contributed by atoms with Crippen LogP contribution in [0.15, 0.2) is 42.5 Å². The van der Waals surface area contributed by atoms with Crippen LogP contribution < -0.4 is 5.73 Å². The van der Waals surface area contributed by atoms with E-state index in [2.05, 4.69) is 23.1 Å². The summed E-state index contributed by atoms with van der Waals surface area (Å²) < 4.78 is 0. The third-order valence-electron chi connectivity index (χ3n) is 4.37. The van der Waals surface area contributed by atoms with E-state index in [1.54, 1.807) is 0 Å². The SMILES string of the molecule is CC[C@@](CCN(C)C)(C(N)=O)c1cccc2ccccc12. The van der Waals surface area contributed by atoms with Crippen molar-refractivity contribution in [1.29, 1.82) is 0 Å². The van der Waals surface area contributed by atoms with Gasteiger partial charge in [0.15, 0.2) is 0 Å². The van der Waals surface area contributed by atoms with Gasteiger partial charge >= 0.3 is 0 Å². The summed E-state index contributed by atoms with van der Waals surface area (Å²) in [5, 5.41) is 2.28. The Morgan fingerprint density at radius 3 is 2.43 bits per heavy atom. The fraction of sp³-hybridized carbons (Fsp3) is 0.389. The first-order valence-electron chi connectivity index (χ1n) is 7.44. The van der Waals surface area contributed by atoms with E-state index in [1.807, 2.05) is 45.3 Å². The summed E-state index contributed by atoms with van der Waals surface area (Å²) in [7, 11) is 4.04. The third-order valence-corrected chi connectivity index (χ3v) is 4.37. The van der Waals surface area contributed by atoms with Crippen LogP contribution in [-0.2, 0) is 10.2 Å². The lowest BCUT2D eigenvalue weighted by Crippen LogP contribution is -2.43. The van der Waals surface area contributed by atoms with Crippen LogP contribution in [0.25, 0.3) is 10.8 Å². The second kappa shape index (κ2) is 6.27. The highest BCUT2D eigenvalue weighted by atomic mass is 16.1. The van der Waals surface area contributed by atoms with Gasteiger partial charge in [0.25, 0.3) is 0 Å². The summed E-state index contributed by atoms with van der Waals surface area (Å²) in [4.78, 5) is 14.4. The Hall–Kier alpha value is -1.87. The standard InChI is InChI=1S/C18H24N2O/c1-4-18(17(19)21,12-13-20(2)3)16-11-7-9-14-8-5-6-10-15(14)16/h5-11H,4,12-13H2,1-3H3,(H2,19,21)/t18-/m0/s1. The minimum atomic E-state index is -0.606. The minimum Gasteiger partial charge on any atom is -0.369 e. The van der Waals surface area contributed by atoms with Crippen LogP contribution >= 0.6 is 0 Å². The summed E-state index contributed by atoms with van der Waals surface area (Å²) in [5.74, 6) is -0.233. The molecule has 2 rings (SSSR count). The van der Waals surface area contributed by atoms with Crippen LogP contribution in [0.4, 0.5) is 0 Å². The van der Waals surface area contributed by atoms with E-state index in [0.29, 0.717) is 6.42 Å². The second-order valence-electron chi connectivity index (χ2n) is 5.88. The Labute approximate surface area is 126 Å². The fourth-order valence-electron chi connectivity index (χ4n) is 2.99. The van der Waals surface area contributed by atoms with Crippen LogP contribution in [0.5, 0.6) is 0 Å². The maximum absolute atomic E-state index is 12.3. The van der Waals surface area contributed by atoms with Gasteiger partial charge in [-0.05, 0) is 49.8 Å². The van der Waals surface area contributed by atoms with Gasteiger partial charge in [-0.2, -0.15) is 0 Å². The van der Waals surface area contributed by atoms with Crippen molar-refractivity contribution >= 4 is 16.7 Å². The molecular formula is C18H24N2O. The highest BCUT2D eigenvalue weighted by Gasteiger charge is 2.37. The second-order valence-corrected chi connectivity index (χ2v) is 5.88. The predicted molar refractivity (Wildman–Crippen MR) is 88.3 cm³/mol. The van der Waals surface area contributed by atoms with Crippen molar-refractivity contribution in [2.45, 2.75) is 25.2 Å². The zero-order valence-corrected chi connectivity index (χ0v) is 13.1. The number of rotatable bonds is 6. The molecule has 2 aromatic carbocycles. The van der Waals surface area contributed by atoms with Crippen LogP contribution in [0, 0.1) is 0 Å². The summed E-state index contributed by atoms with van der Waals surface area (Å²) in [5.41, 5.74) is 6.28. The summed E-state index contributed by atoms with van der Waals surface area (Å²) >= 11 is 0. The first-order valence-corrected chi connectivity index (χ1v) is 7.44. The number of nitrogens with two attached hydrogens (primary N) is 1. The number of primary amides is 1. The number of nitrogens with zero attached hydrogens (tertiary/aromatic N) is 1. The fourth-order valence-corrected chi connectivity index (χ4v) is 2.99. The molecule has 1 atom stereocenters. The average molecular weight is 284 g/mol. The van der Waals surface area contributed by atoms with Gasteiger partial charge < -0.3 is 10.6 Å². The van der Waals surface area contributed by atoms with Gasteiger partial charge in [-0.3, -0.25) is 4.79 Å². The smallest absolute Gasteiger partial charge is 0.228 e. The van der Waals surface area contributed by atoms with E-state index >= 15 is 0 Å². The molecular weight excluding hydrogens is 260 g/mol. The van der Waals surface area contributed by atoms with Gasteiger partial charge in [0.05, 0.1) is 5.41 Å². The van der Waals surface area contributed by atoms with Gasteiger partial charge in [-0.15, -0.1) is 0 Å². The Morgan fingerprint density at radius 2 is 1.81 bits per heavy atom. The van der Waals surface area contributed by atoms with Crippen LogP contribution in [0.1, 0.15) is 25.3 Å². The molecule has 0 radical (unpaired) electrons. The maximum atomic E-state index is 12.3. The monoisotopic (exact) mass is 284 g/mol. The van der Waals surface area contributed by atoms with Gasteiger partial charge in [0.1, 0.15) is 0 Å². The largest absolute Gasteiger partial charge is 0.369 e. The van der Waals surface area contributed by atoms with Crippen LogP contribution in [0.3, 0.4) is 0 Å². The zero-order chi connectivity index (χ0) is 15.5. The predicted octanol–water partition coefficient (Wildman–Crippen LogP) is 2.92. The minimum absolute atomic E-state index is 0.233. The van der Waals surface area contributed by atoms with Crippen molar-refractivity contribution in [1.82, 2.24) is 4.90 Å². The van der Waals surface area contributed by atoms with Crippen LogP contribution in [-0.4, -0.2) is 31.4 Å².